The summed E-state index contributed by atoms with van der Waals surface area (Å²) in [6, 6.07) is 30.9. The summed E-state index contributed by atoms with van der Waals surface area (Å²) < 4.78 is 19.7. The lowest BCUT2D eigenvalue weighted by molar-refractivity contribution is 0.0985. The zero-order valence-corrected chi connectivity index (χ0v) is 27.4. The van der Waals surface area contributed by atoms with Crippen LogP contribution in [-0.2, 0) is 25.7 Å². The standard InChI is InChI=1S/C20H16BrNO2.C20H17NO2/c21-17-6-3-13(4-7-17)10-19(23)14-5-8-18-16(11-14)12-15-2-1-9-24-20(15)22-18;22-19(11-14-5-2-1-3-6-14)15-8-9-18-17(12-15)13-16-7-4-10-23-20(16)21-18/h3-8,11-12H,1-2,9-10H2;1-3,5-6,8-9,12-13H,4,7,10-11H2/i;1T. The van der Waals surface area contributed by atoms with E-state index in [-0.39, 0.29) is 11.6 Å². The summed E-state index contributed by atoms with van der Waals surface area (Å²) in [6.45, 7) is 1.45. The lowest BCUT2D eigenvalue weighted by Crippen LogP contribution is -2.10. The predicted molar refractivity (Wildman–Crippen MR) is 188 cm³/mol. The maximum absolute atomic E-state index is 12.6. The van der Waals surface area contributed by atoms with Gasteiger partial charge in [-0.1, -0.05) is 58.4 Å². The number of aromatic nitrogens is 2. The number of hydrogen-bond donors (Lipinski definition) is 0. The minimum Gasteiger partial charge on any atom is -0.477 e. The largest absolute Gasteiger partial charge is 0.477 e. The van der Waals surface area contributed by atoms with Crippen LogP contribution in [0.25, 0.3) is 21.8 Å². The predicted octanol–water partition coefficient (Wildman–Crippen LogP) is 8.73. The van der Waals surface area contributed by atoms with E-state index in [9.17, 15) is 9.59 Å². The van der Waals surface area contributed by atoms with Crippen LogP contribution in [0.15, 0.2) is 108 Å². The van der Waals surface area contributed by atoms with E-state index in [1.54, 1.807) is 12.1 Å². The molecule has 0 saturated heterocycles. The normalized spacial score (nSPS) is 13.7. The molecule has 4 aromatic carbocycles. The van der Waals surface area contributed by atoms with Crippen LogP contribution < -0.4 is 9.47 Å². The number of pyridine rings is 2. The van der Waals surface area contributed by atoms with Crippen molar-refractivity contribution in [3.63, 3.8) is 0 Å². The number of ether oxygens (including phenoxy) is 2. The first-order valence-corrected chi connectivity index (χ1v) is 16.7. The van der Waals surface area contributed by atoms with Crippen LogP contribution in [0.1, 0.15) is 57.2 Å². The van der Waals surface area contributed by atoms with Gasteiger partial charge < -0.3 is 9.47 Å². The Kier molecular flexibility index (Phi) is 8.70. The first-order valence-electron chi connectivity index (χ1n) is 16.4. The molecule has 4 heterocycles. The lowest BCUT2D eigenvalue weighted by Gasteiger charge is -2.16. The summed E-state index contributed by atoms with van der Waals surface area (Å²) in [4.78, 5) is 34.2. The van der Waals surface area contributed by atoms with Crippen molar-refractivity contribution in [1.29, 1.82) is 0 Å². The second-order valence-corrected chi connectivity index (χ2v) is 12.8. The van der Waals surface area contributed by atoms with Gasteiger partial charge in [0.1, 0.15) is 0 Å². The zero-order chi connectivity index (χ0) is 33.0. The van der Waals surface area contributed by atoms with Gasteiger partial charge in [0.05, 0.1) is 25.6 Å². The molecule has 0 fully saturated rings. The molecule has 2 aromatic heterocycles. The number of carbonyl (C=O) groups excluding carboxylic acids is 2. The summed E-state index contributed by atoms with van der Waals surface area (Å²) in [7, 11) is 0. The summed E-state index contributed by atoms with van der Waals surface area (Å²) >= 11 is 3.41. The molecule has 0 N–H and O–H groups in total. The van der Waals surface area contributed by atoms with E-state index in [4.69, 9.17) is 10.8 Å². The van der Waals surface area contributed by atoms with Crippen LogP contribution in [0.4, 0.5) is 0 Å². The van der Waals surface area contributed by atoms with Crippen molar-refractivity contribution in [3.05, 3.63) is 141 Å². The van der Waals surface area contributed by atoms with Crippen LogP contribution in [0.2, 0.25) is 0 Å². The molecule has 8 rings (SSSR count). The van der Waals surface area contributed by atoms with Crippen molar-refractivity contribution < 1.29 is 20.4 Å². The van der Waals surface area contributed by atoms with Crippen LogP contribution in [0.3, 0.4) is 0 Å². The van der Waals surface area contributed by atoms with Crippen molar-refractivity contribution in [2.24, 2.45) is 0 Å². The molecule has 0 amide bonds. The average Bonchev–Trinajstić information content (AvgIpc) is 3.11. The van der Waals surface area contributed by atoms with Crippen molar-refractivity contribution in [3.8, 4) is 11.8 Å². The molecule has 234 valence electrons. The third kappa shape index (κ3) is 7.26. The molecule has 2 aliphatic rings. The quantitative estimate of drug-likeness (QED) is 0.163. The van der Waals surface area contributed by atoms with Gasteiger partial charge in [-0.2, -0.15) is 0 Å². The van der Waals surface area contributed by atoms with E-state index in [1.165, 1.54) is 0 Å². The second-order valence-electron chi connectivity index (χ2n) is 11.9. The minimum atomic E-state index is 0.0728. The number of hydrogen-bond acceptors (Lipinski definition) is 6. The Labute approximate surface area is 283 Å². The molecule has 2 aliphatic heterocycles. The van der Waals surface area contributed by atoms with Crippen LogP contribution in [0, 0.1) is 0 Å². The Balaban J connectivity index is 0.000000152. The van der Waals surface area contributed by atoms with E-state index >= 15 is 0 Å². The van der Waals surface area contributed by atoms with Gasteiger partial charge in [-0.15, -0.1) is 0 Å². The molecule has 0 saturated carbocycles. The average molecular weight is 688 g/mol. The fraction of sp³-hybridized carbons (Fsp3) is 0.200. The highest BCUT2D eigenvalue weighted by molar-refractivity contribution is 9.10. The van der Waals surface area contributed by atoms with Gasteiger partial charge in [0, 0.05) is 50.3 Å². The molecule has 7 heteroatoms. The zero-order valence-electron chi connectivity index (χ0n) is 26.8. The molecule has 0 bridgehead atoms. The number of ketones is 2. The molecule has 0 spiro atoms. The number of aryl methyl sites for hydroxylation is 2. The number of rotatable bonds is 6. The maximum Gasteiger partial charge on any atom is 0.217 e. The van der Waals surface area contributed by atoms with Crippen molar-refractivity contribution >= 4 is 49.3 Å². The highest BCUT2D eigenvalue weighted by Crippen LogP contribution is 2.29. The number of nitrogens with zero attached hydrogens (tertiary/aromatic N) is 2. The highest BCUT2D eigenvalue weighted by atomic mass is 79.9. The first-order chi connectivity index (χ1) is 23.4. The van der Waals surface area contributed by atoms with Crippen molar-refractivity contribution in [2.75, 3.05) is 13.2 Å². The summed E-state index contributed by atoms with van der Waals surface area (Å²) in [5.41, 5.74) is 7.32. The van der Waals surface area contributed by atoms with Gasteiger partial charge in [0.15, 0.2) is 11.6 Å². The van der Waals surface area contributed by atoms with Gasteiger partial charge in [0.25, 0.3) is 0 Å². The third-order valence-corrected chi connectivity index (χ3v) is 8.97. The molecule has 6 aromatic rings. The number of halogens is 1. The molecule has 0 radical (unpaired) electrons. The number of carbonyl (C=O) groups is 2. The number of benzene rings is 4. The fourth-order valence-electron chi connectivity index (χ4n) is 5.94. The Hall–Kier alpha value is -4.88. The van der Waals surface area contributed by atoms with Gasteiger partial charge in [0.2, 0.25) is 11.8 Å². The molecule has 6 nitrogen and oxygen atoms in total. The van der Waals surface area contributed by atoms with Crippen LogP contribution in [0.5, 0.6) is 11.8 Å². The monoisotopic (exact) mass is 686 g/mol. The maximum atomic E-state index is 12.6. The van der Waals surface area contributed by atoms with Crippen molar-refractivity contribution in [1.82, 2.24) is 9.97 Å². The molecule has 47 heavy (non-hydrogen) atoms. The molecular formula is C40H33BrN2O4. The summed E-state index contributed by atoms with van der Waals surface area (Å²) in [5, 5.41) is 1.98. The molecule has 0 atom stereocenters. The van der Waals surface area contributed by atoms with E-state index in [0.29, 0.717) is 24.4 Å². The van der Waals surface area contributed by atoms with Crippen molar-refractivity contribution in [2.45, 2.75) is 38.5 Å². The Bertz CT molecular complexity index is 1990. The third-order valence-electron chi connectivity index (χ3n) is 8.44. The lowest BCUT2D eigenvalue weighted by atomic mass is 10.00. The Morgan fingerprint density at radius 1 is 0.660 bits per heavy atom. The van der Waals surface area contributed by atoms with E-state index < -0.39 is 0 Å². The van der Waals surface area contributed by atoms with E-state index in [0.717, 1.165) is 105 Å². The SMILES string of the molecule is O=C(Cc1ccc(Br)cc1)c1ccc2nc3c(cc2c1)CCCO3.[3H]c1ccc(CC(=O)c2ccc3nc4c(cc3c2)CCCO4)cc1. The fourth-order valence-corrected chi connectivity index (χ4v) is 6.20. The first kappa shape index (κ1) is 29.5. The topological polar surface area (TPSA) is 78.4 Å². The minimum absolute atomic E-state index is 0.0728. The number of fused-ring (bicyclic) bond motifs is 4. The van der Waals surface area contributed by atoms with Gasteiger partial charge in [-0.05, 0) is 97.5 Å². The van der Waals surface area contributed by atoms with Gasteiger partial charge in [-0.25, -0.2) is 9.97 Å². The summed E-state index contributed by atoms with van der Waals surface area (Å²) in [6.07, 6.45) is 4.71. The van der Waals surface area contributed by atoms with Gasteiger partial charge in [-0.3, -0.25) is 9.59 Å². The summed E-state index contributed by atoms with van der Waals surface area (Å²) in [5.74, 6) is 1.66. The number of Topliss-reactive ketones (excluding diaryl/α,β-unsaturated/α-hetero) is 2. The highest BCUT2D eigenvalue weighted by Gasteiger charge is 2.16. The van der Waals surface area contributed by atoms with Crippen LogP contribution in [-0.4, -0.2) is 34.7 Å². The van der Waals surface area contributed by atoms with E-state index in [2.05, 4.69) is 38.0 Å². The van der Waals surface area contributed by atoms with Gasteiger partial charge >= 0.3 is 0 Å². The van der Waals surface area contributed by atoms with Crippen LogP contribution >= 0.6 is 15.9 Å². The molecule has 0 unspecified atom stereocenters. The Morgan fingerprint density at radius 2 is 1.15 bits per heavy atom. The van der Waals surface area contributed by atoms with E-state index in [1.807, 2.05) is 72.8 Å². The Morgan fingerprint density at radius 3 is 1.66 bits per heavy atom. The molecular weight excluding hydrogens is 652 g/mol. The smallest absolute Gasteiger partial charge is 0.217 e. The second kappa shape index (κ2) is 13.9. The molecule has 0 aliphatic carbocycles.